The molecule has 0 N–H and O–H groups in total. The van der Waals surface area contributed by atoms with E-state index in [0.717, 1.165) is 57.8 Å². The van der Waals surface area contributed by atoms with Crippen molar-refractivity contribution in [2.24, 2.45) is 0 Å². The molecule has 0 aromatic rings. The summed E-state index contributed by atoms with van der Waals surface area (Å²) in [5.41, 5.74) is 0. The molecular weight excluding hydrogens is 1020 g/mol. The first kappa shape index (κ1) is 81.4. The minimum absolute atomic E-state index is 0.0601. The van der Waals surface area contributed by atoms with Gasteiger partial charge in [0.25, 0.3) is 0 Å². The molecule has 494 valence electrons. The molecule has 0 aliphatic rings. The van der Waals surface area contributed by atoms with Crippen LogP contribution in [0.5, 0.6) is 0 Å². The summed E-state index contributed by atoms with van der Waals surface area (Å²) in [6, 6.07) is 0. The van der Waals surface area contributed by atoms with E-state index in [0.29, 0.717) is 19.3 Å². The molecule has 1 atom stereocenters. The Hall–Kier alpha value is -1.59. The highest BCUT2D eigenvalue weighted by Gasteiger charge is 2.20. The highest BCUT2D eigenvalue weighted by molar-refractivity contribution is 5.71. The molecule has 0 saturated carbocycles. The number of hydrogen-bond donors (Lipinski definition) is 0. The fourth-order valence-electron chi connectivity index (χ4n) is 12.3. The quantitative estimate of drug-likeness (QED) is 0.0343. The van der Waals surface area contributed by atoms with E-state index in [1.54, 1.807) is 0 Å². The van der Waals surface area contributed by atoms with Gasteiger partial charge in [-0.3, -0.25) is 14.4 Å². The van der Waals surface area contributed by atoms with Gasteiger partial charge in [-0.15, -0.1) is 0 Å². The van der Waals surface area contributed by atoms with Crippen LogP contribution in [0.15, 0.2) is 0 Å². The van der Waals surface area contributed by atoms with Crippen molar-refractivity contribution < 1.29 is 28.6 Å². The molecule has 0 spiro atoms. The van der Waals surface area contributed by atoms with Gasteiger partial charge in [0.15, 0.2) is 6.10 Å². The normalized spacial score (nSPS) is 11.9. The van der Waals surface area contributed by atoms with Crippen LogP contribution in [0.25, 0.3) is 0 Å². The summed E-state index contributed by atoms with van der Waals surface area (Å²) in [7, 11) is 0. The SMILES string of the molecule is CCCCCCCCCCCCCCCCCCCCCCCCCCCCCCCCCCC(=O)OCC(COC(=O)CCCCCCCCCCCCCC)OC(=O)CCCCCCCCCCCCCCCCCCCCCCC. The van der Waals surface area contributed by atoms with Crippen molar-refractivity contribution in [2.45, 2.75) is 463 Å². The van der Waals surface area contributed by atoms with Gasteiger partial charge in [-0.25, -0.2) is 0 Å². The van der Waals surface area contributed by atoms with Gasteiger partial charge in [-0.1, -0.05) is 419 Å². The summed E-state index contributed by atoms with van der Waals surface area (Å²) in [4.78, 5) is 38.4. The predicted molar refractivity (Wildman–Crippen MR) is 363 cm³/mol. The summed E-state index contributed by atoms with van der Waals surface area (Å²) in [5.74, 6) is -0.818. The lowest BCUT2D eigenvalue weighted by molar-refractivity contribution is -0.167. The van der Waals surface area contributed by atoms with Crippen LogP contribution in [0.1, 0.15) is 457 Å². The lowest BCUT2D eigenvalue weighted by Gasteiger charge is -2.18. The third-order valence-electron chi connectivity index (χ3n) is 18.1. The molecule has 0 saturated heterocycles. The molecule has 0 bridgehead atoms. The molecule has 0 aliphatic heterocycles. The van der Waals surface area contributed by atoms with E-state index >= 15 is 0 Å². The molecule has 0 aliphatic carbocycles. The maximum atomic E-state index is 13.0. The second-order valence-corrected chi connectivity index (χ2v) is 26.6. The Morgan fingerprint density at radius 3 is 0.482 bits per heavy atom. The van der Waals surface area contributed by atoms with E-state index in [1.807, 2.05) is 0 Å². The van der Waals surface area contributed by atoms with Crippen LogP contribution < -0.4 is 0 Å². The second kappa shape index (κ2) is 72.9. The zero-order valence-electron chi connectivity index (χ0n) is 57.0. The molecule has 0 aromatic carbocycles. The summed E-state index contributed by atoms with van der Waals surface area (Å²) in [5, 5.41) is 0. The van der Waals surface area contributed by atoms with Crippen molar-refractivity contribution in [3.8, 4) is 0 Å². The molecule has 0 amide bonds. The van der Waals surface area contributed by atoms with Crippen molar-refractivity contribution >= 4 is 17.9 Å². The molecule has 0 radical (unpaired) electrons. The Morgan fingerprint density at radius 1 is 0.193 bits per heavy atom. The Morgan fingerprint density at radius 2 is 0.325 bits per heavy atom. The molecule has 6 nitrogen and oxygen atoms in total. The largest absolute Gasteiger partial charge is 0.462 e. The molecule has 6 heteroatoms. The van der Waals surface area contributed by atoms with Gasteiger partial charge >= 0.3 is 17.9 Å². The van der Waals surface area contributed by atoms with Crippen molar-refractivity contribution in [3.05, 3.63) is 0 Å². The molecule has 1 unspecified atom stereocenters. The lowest BCUT2D eigenvalue weighted by Crippen LogP contribution is -2.30. The highest BCUT2D eigenvalue weighted by Crippen LogP contribution is 2.20. The fraction of sp³-hybridized carbons (Fsp3) is 0.961. The van der Waals surface area contributed by atoms with Gasteiger partial charge in [0.2, 0.25) is 0 Å². The number of carbonyl (C=O) groups excluding carboxylic acids is 3. The third kappa shape index (κ3) is 71.1. The van der Waals surface area contributed by atoms with Crippen LogP contribution in [0, 0.1) is 0 Å². The van der Waals surface area contributed by atoms with Crippen LogP contribution >= 0.6 is 0 Å². The smallest absolute Gasteiger partial charge is 0.306 e. The minimum Gasteiger partial charge on any atom is -0.462 e. The van der Waals surface area contributed by atoms with Crippen molar-refractivity contribution in [2.75, 3.05) is 13.2 Å². The number of ether oxygens (including phenoxy) is 3. The van der Waals surface area contributed by atoms with Crippen LogP contribution in [0.4, 0.5) is 0 Å². The predicted octanol–water partition coefficient (Wildman–Crippen LogP) is 26.6. The van der Waals surface area contributed by atoms with E-state index in [1.165, 1.54) is 360 Å². The number of carbonyl (C=O) groups is 3. The van der Waals surface area contributed by atoms with Crippen molar-refractivity contribution in [1.82, 2.24) is 0 Å². The summed E-state index contributed by atoms with van der Waals surface area (Å²) in [6.45, 7) is 6.75. The number of unbranched alkanes of at least 4 members (excludes halogenated alkanes) is 62. The van der Waals surface area contributed by atoms with Gasteiger partial charge < -0.3 is 14.2 Å². The van der Waals surface area contributed by atoms with Gasteiger partial charge in [0.1, 0.15) is 13.2 Å². The van der Waals surface area contributed by atoms with Crippen molar-refractivity contribution in [3.63, 3.8) is 0 Å². The van der Waals surface area contributed by atoms with E-state index in [9.17, 15) is 14.4 Å². The first-order valence-electron chi connectivity index (χ1n) is 38.5. The summed E-state index contributed by atoms with van der Waals surface area (Å²) >= 11 is 0. The van der Waals surface area contributed by atoms with E-state index < -0.39 is 6.10 Å². The highest BCUT2D eigenvalue weighted by atomic mass is 16.6. The van der Waals surface area contributed by atoms with E-state index in [-0.39, 0.29) is 31.1 Å². The molecule has 83 heavy (non-hydrogen) atoms. The zero-order valence-corrected chi connectivity index (χ0v) is 57.0. The first-order chi connectivity index (χ1) is 41.0. The molecule has 0 aromatic heterocycles. The summed E-state index contributed by atoms with van der Waals surface area (Å²) in [6.07, 6.45) is 87.4. The Labute approximate surface area is 520 Å². The van der Waals surface area contributed by atoms with Crippen molar-refractivity contribution in [1.29, 1.82) is 0 Å². The third-order valence-corrected chi connectivity index (χ3v) is 18.1. The van der Waals surface area contributed by atoms with E-state index in [4.69, 9.17) is 14.2 Å². The standard InChI is InChI=1S/C77H150O6/c1-4-7-10-13-16-19-22-25-27-29-31-33-34-35-36-37-38-39-40-41-42-43-45-46-48-50-52-55-58-61-64-67-70-76(79)82-73-74(72-81-75(78)69-66-63-60-57-54-24-21-18-15-12-9-6-3)83-77(80)71-68-65-62-59-56-53-51-49-47-44-32-30-28-26-23-20-17-14-11-8-5-2/h74H,4-73H2,1-3H3. The van der Waals surface area contributed by atoms with Gasteiger partial charge in [-0.2, -0.15) is 0 Å². The molecule has 0 heterocycles. The second-order valence-electron chi connectivity index (χ2n) is 26.6. The molecular formula is C77H150O6. The first-order valence-corrected chi connectivity index (χ1v) is 38.5. The zero-order chi connectivity index (χ0) is 59.9. The maximum Gasteiger partial charge on any atom is 0.306 e. The average Bonchev–Trinajstić information content (AvgIpc) is 3.49. The molecule has 0 rings (SSSR count). The molecule has 0 fully saturated rings. The van der Waals surface area contributed by atoms with Gasteiger partial charge in [0.05, 0.1) is 0 Å². The average molecular weight is 1170 g/mol. The maximum absolute atomic E-state index is 13.0. The topological polar surface area (TPSA) is 78.9 Å². The van der Waals surface area contributed by atoms with Crippen LogP contribution in [0.2, 0.25) is 0 Å². The van der Waals surface area contributed by atoms with Crippen LogP contribution in [-0.4, -0.2) is 37.2 Å². The Bertz CT molecular complexity index is 1250. The monoisotopic (exact) mass is 1170 g/mol. The Balaban J connectivity index is 4.07. The lowest BCUT2D eigenvalue weighted by atomic mass is 10.0. The van der Waals surface area contributed by atoms with Gasteiger partial charge in [0, 0.05) is 19.3 Å². The van der Waals surface area contributed by atoms with E-state index in [2.05, 4.69) is 20.8 Å². The fourth-order valence-corrected chi connectivity index (χ4v) is 12.3. The van der Waals surface area contributed by atoms with Gasteiger partial charge in [-0.05, 0) is 19.3 Å². The number of esters is 3. The minimum atomic E-state index is -0.763. The summed E-state index contributed by atoms with van der Waals surface area (Å²) < 4.78 is 17.0. The van der Waals surface area contributed by atoms with Crippen LogP contribution in [-0.2, 0) is 28.6 Å². The Kier molecular flexibility index (Phi) is 71.5. The van der Waals surface area contributed by atoms with Crippen LogP contribution in [0.3, 0.4) is 0 Å². The number of rotatable bonds is 73. The number of hydrogen-bond acceptors (Lipinski definition) is 6.